The van der Waals surface area contributed by atoms with Crippen molar-refractivity contribution in [3.8, 4) is 0 Å². The van der Waals surface area contributed by atoms with Crippen LogP contribution in [-0.4, -0.2) is 38.8 Å². The zero-order valence-electron chi connectivity index (χ0n) is 13.5. The molecule has 3 N–H and O–H groups in total. The minimum absolute atomic E-state index is 0.0679. The van der Waals surface area contributed by atoms with E-state index < -0.39 is 0 Å². The summed E-state index contributed by atoms with van der Waals surface area (Å²) >= 11 is 0. The predicted octanol–water partition coefficient (Wildman–Crippen LogP) is 2.23. The number of ether oxygens (including phenoxy) is 1. The number of anilines is 2. The Balaban J connectivity index is 1.95. The van der Waals surface area contributed by atoms with E-state index in [0.29, 0.717) is 6.54 Å². The second-order valence-electron chi connectivity index (χ2n) is 6.07. The fourth-order valence-electron chi connectivity index (χ4n) is 2.73. The van der Waals surface area contributed by atoms with E-state index in [4.69, 9.17) is 10.5 Å². The van der Waals surface area contributed by atoms with Crippen LogP contribution in [0.5, 0.6) is 0 Å². The molecule has 1 unspecified atom stereocenters. The highest BCUT2D eigenvalue weighted by Gasteiger charge is 2.17. The highest BCUT2D eigenvalue weighted by atomic mass is 16.5. The largest absolute Gasteiger partial charge is 0.380 e. The van der Waals surface area contributed by atoms with Crippen LogP contribution in [0.1, 0.15) is 26.2 Å². The third-order valence-corrected chi connectivity index (χ3v) is 4.29. The van der Waals surface area contributed by atoms with E-state index in [2.05, 4.69) is 23.2 Å². The van der Waals surface area contributed by atoms with E-state index in [1.54, 1.807) is 7.11 Å². The summed E-state index contributed by atoms with van der Waals surface area (Å²) in [6.45, 7) is 4.81. The Hall–Kier alpha value is -1.59. The van der Waals surface area contributed by atoms with Crippen molar-refractivity contribution in [2.45, 2.75) is 32.3 Å². The Bertz CT molecular complexity index is 481. The molecule has 1 aromatic carbocycles. The molecule has 122 valence electrons. The molecule has 1 aliphatic heterocycles. The van der Waals surface area contributed by atoms with Crippen LogP contribution in [0.15, 0.2) is 24.3 Å². The molecule has 1 fully saturated rings. The molecule has 5 nitrogen and oxygen atoms in total. The van der Waals surface area contributed by atoms with Crippen molar-refractivity contribution in [1.82, 2.24) is 0 Å². The summed E-state index contributed by atoms with van der Waals surface area (Å²) in [6.07, 6.45) is 2.50. The van der Waals surface area contributed by atoms with Crippen molar-refractivity contribution in [1.29, 1.82) is 0 Å². The maximum absolute atomic E-state index is 12.0. The van der Waals surface area contributed by atoms with Crippen molar-refractivity contribution >= 4 is 17.3 Å². The van der Waals surface area contributed by atoms with E-state index in [1.165, 1.54) is 18.5 Å². The standard InChI is InChI=1S/C17H27N3O2/c1-13-6-8-20(9-7-13)15-5-3-4-14(10-15)19-17(21)11-16(12-18)22-2/h3-5,10,13,16H,6-9,11-12,18H2,1-2H3,(H,19,21). The third-order valence-electron chi connectivity index (χ3n) is 4.29. The molecule has 1 atom stereocenters. The van der Waals surface area contributed by atoms with Gasteiger partial charge in [-0.3, -0.25) is 4.79 Å². The number of rotatable bonds is 6. The van der Waals surface area contributed by atoms with Crippen LogP contribution in [0, 0.1) is 5.92 Å². The number of nitrogens with zero attached hydrogens (tertiary/aromatic N) is 1. The first kappa shape index (κ1) is 16.8. The van der Waals surface area contributed by atoms with Gasteiger partial charge >= 0.3 is 0 Å². The summed E-state index contributed by atoms with van der Waals surface area (Å²) < 4.78 is 5.14. The van der Waals surface area contributed by atoms with E-state index in [-0.39, 0.29) is 18.4 Å². The van der Waals surface area contributed by atoms with Crippen molar-refractivity contribution in [2.75, 3.05) is 37.0 Å². The van der Waals surface area contributed by atoms with Gasteiger partial charge in [0.05, 0.1) is 12.5 Å². The number of carbonyl (C=O) groups is 1. The Morgan fingerprint density at radius 3 is 2.82 bits per heavy atom. The molecule has 2 rings (SSSR count). The van der Waals surface area contributed by atoms with E-state index >= 15 is 0 Å². The second kappa shape index (κ2) is 8.15. The van der Waals surface area contributed by atoms with Crippen LogP contribution in [0.3, 0.4) is 0 Å². The molecule has 0 aromatic heterocycles. The summed E-state index contributed by atoms with van der Waals surface area (Å²) in [4.78, 5) is 14.4. The summed E-state index contributed by atoms with van der Waals surface area (Å²) in [5.74, 6) is 0.739. The lowest BCUT2D eigenvalue weighted by atomic mass is 9.99. The molecular weight excluding hydrogens is 278 g/mol. The number of nitrogens with one attached hydrogen (secondary N) is 1. The van der Waals surface area contributed by atoms with Crippen LogP contribution in [0.4, 0.5) is 11.4 Å². The van der Waals surface area contributed by atoms with Crippen LogP contribution in [0.25, 0.3) is 0 Å². The molecule has 0 saturated carbocycles. The van der Waals surface area contributed by atoms with Gasteiger partial charge in [-0.25, -0.2) is 0 Å². The normalized spacial score (nSPS) is 17.3. The Labute approximate surface area is 132 Å². The SMILES string of the molecule is COC(CN)CC(=O)Nc1cccc(N2CCC(C)CC2)c1. The summed E-state index contributed by atoms with van der Waals surface area (Å²) in [5.41, 5.74) is 7.55. The quantitative estimate of drug-likeness (QED) is 0.845. The number of benzene rings is 1. The van der Waals surface area contributed by atoms with Gasteiger partial charge in [0.25, 0.3) is 0 Å². The zero-order chi connectivity index (χ0) is 15.9. The Morgan fingerprint density at radius 1 is 1.45 bits per heavy atom. The summed E-state index contributed by atoms with van der Waals surface area (Å²) in [6, 6.07) is 8.04. The number of hydrogen-bond donors (Lipinski definition) is 2. The average molecular weight is 305 g/mol. The number of amides is 1. The van der Waals surface area contributed by atoms with Gasteiger partial charge in [0.1, 0.15) is 0 Å². The minimum Gasteiger partial charge on any atom is -0.380 e. The van der Waals surface area contributed by atoms with Gasteiger partial charge in [0.2, 0.25) is 5.91 Å². The maximum Gasteiger partial charge on any atom is 0.227 e. The lowest BCUT2D eigenvalue weighted by molar-refractivity contribution is -0.118. The molecular formula is C17H27N3O2. The van der Waals surface area contributed by atoms with E-state index in [9.17, 15) is 4.79 Å². The molecule has 0 radical (unpaired) electrons. The molecule has 1 saturated heterocycles. The number of nitrogens with two attached hydrogens (primary N) is 1. The van der Waals surface area contributed by atoms with Crippen molar-refractivity contribution in [3.05, 3.63) is 24.3 Å². The number of carbonyl (C=O) groups excluding carboxylic acids is 1. The molecule has 1 aromatic rings. The smallest absolute Gasteiger partial charge is 0.227 e. The topological polar surface area (TPSA) is 67.6 Å². The van der Waals surface area contributed by atoms with Crippen LogP contribution in [0.2, 0.25) is 0 Å². The third kappa shape index (κ3) is 4.71. The highest BCUT2D eigenvalue weighted by molar-refractivity contribution is 5.91. The lowest BCUT2D eigenvalue weighted by Gasteiger charge is -2.32. The summed E-state index contributed by atoms with van der Waals surface area (Å²) in [5, 5.41) is 2.93. The Morgan fingerprint density at radius 2 is 2.18 bits per heavy atom. The minimum atomic E-state index is -0.230. The van der Waals surface area contributed by atoms with Gasteiger partial charge in [0.15, 0.2) is 0 Å². The Kier molecular flexibility index (Phi) is 6.21. The number of piperidine rings is 1. The van der Waals surface area contributed by atoms with Crippen LogP contribution < -0.4 is 16.0 Å². The first-order valence-corrected chi connectivity index (χ1v) is 8.00. The van der Waals surface area contributed by atoms with Crippen molar-refractivity contribution < 1.29 is 9.53 Å². The van der Waals surface area contributed by atoms with E-state index in [1.807, 2.05) is 18.2 Å². The van der Waals surface area contributed by atoms with Crippen molar-refractivity contribution in [3.63, 3.8) is 0 Å². The van der Waals surface area contributed by atoms with Gasteiger partial charge in [-0.15, -0.1) is 0 Å². The maximum atomic E-state index is 12.0. The first-order chi connectivity index (χ1) is 10.6. The molecule has 1 aliphatic rings. The second-order valence-corrected chi connectivity index (χ2v) is 6.07. The van der Waals surface area contributed by atoms with Gasteiger partial charge in [0, 0.05) is 38.1 Å². The fourth-order valence-corrected chi connectivity index (χ4v) is 2.73. The van der Waals surface area contributed by atoms with Crippen LogP contribution in [-0.2, 0) is 9.53 Å². The average Bonchev–Trinajstić information content (AvgIpc) is 2.53. The van der Waals surface area contributed by atoms with Crippen LogP contribution >= 0.6 is 0 Å². The molecule has 0 spiro atoms. The van der Waals surface area contributed by atoms with Gasteiger partial charge < -0.3 is 20.7 Å². The highest BCUT2D eigenvalue weighted by Crippen LogP contribution is 2.25. The van der Waals surface area contributed by atoms with E-state index in [0.717, 1.165) is 24.7 Å². The lowest BCUT2D eigenvalue weighted by Crippen LogP contribution is -2.32. The molecule has 1 heterocycles. The molecule has 22 heavy (non-hydrogen) atoms. The number of hydrogen-bond acceptors (Lipinski definition) is 4. The zero-order valence-corrected chi connectivity index (χ0v) is 13.5. The number of methoxy groups -OCH3 is 1. The molecule has 5 heteroatoms. The van der Waals surface area contributed by atoms with Gasteiger partial charge in [-0.1, -0.05) is 13.0 Å². The predicted molar refractivity (Wildman–Crippen MR) is 90.2 cm³/mol. The monoisotopic (exact) mass is 305 g/mol. The van der Waals surface area contributed by atoms with Gasteiger partial charge in [-0.05, 0) is 37.0 Å². The van der Waals surface area contributed by atoms with Gasteiger partial charge in [-0.2, -0.15) is 0 Å². The fraction of sp³-hybridized carbons (Fsp3) is 0.588. The molecule has 0 bridgehead atoms. The summed E-state index contributed by atoms with van der Waals surface area (Å²) in [7, 11) is 1.57. The molecule has 1 amide bonds. The van der Waals surface area contributed by atoms with Crippen molar-refractivity contribution in [2.24, 2.45) is 11.7 Å². The first-order valence-electron chi connectivity index (χ1n) is 8.00. The molecule has 0 aliphatic carbocycles.